The lowest BCUT2D eigenvalue weighted by Crippen LogP contribution is -2.10. The molecule has 0 aromatic heterocycles. The minimum absolute atomic E-state index is 0.0133. The summed E-state index contributed by atoms with van der Waals surface area (Å²) < 4.78 is 39.8. The summed E-state index contributed by atoms with van der Waals surface area (Å²) in [5.74, 6) is -4.63. The lowest BCUT2D eigenvalue weighted by Gasteiger charge is -2.07. The number of nitrogen functional groups attached to an aromatic ring is 1. The van der Waals surface area contributed by atoms with E-state index in [4.69, 9.17) is 17.3 Å². The molecule has 0 fully saturated rings. The van der Waals surface area contributed by atoms with Gasteiger partial charge < -0.3 is 5.73 Å². The van der Waals surface area contributed by atoms with Gasteiger partial charge in [-0.3, -0.25) is 4.79 Å². The van der Waals surface area contributed by atoms with E-state index in [1.807, 2.05) is 0 Å². The van der Waals surface area contributed by atoms with Gasteiger partial charge in [-0.1, -0.05) is 11.6 Å². The highest BCUT2D eigenvalue weighted by molar-refractivity contribution is 6.31. The van der Waals surface area contributed by atoms with Crippen LogP contribution in [0, 0.1) is 17.5 Å². The number of rotatable bonds is 2. The summed E-state index contributed by atoms with van der Waals surface area (Å²) in [4.78, 5) is 12.0. The normalized spacial score (nSPS) is 10.5. The highest BCUT2D eigenvalue weighted by Crippen LogP contribution is 2.24. The monoisotopic (exact) mass is 285 g/mol. The molecular weight excluding hydrogens is 279 g/mol. The van der Waals surface area contributed by atoms with Crippen LogP contribution in [0.4, 0.5) is 18.9 Å². The molecule has 19 heavy (non-hydrogen) atoms. The van der Waals surface area contributed by atoms with Crippen LogP contribution >= 0.6 is 11.6 Å². The first-order chi connectivity index (χ1) is 8.90. The fourth-order valence-corrected chi connectivity index (χ4v) is 1.81. The summed E-state index contributed by atoms with van der Waals surface area (Å²) in [6, 6.07) is 4.77. The molecule has 0 bridgehead atoms. The molecule has 0 saturated heterocycles. The predicted octanol–water partition coefficient (Wildman–Crippen LogP) is 3.57. The molecule has 2 N–H and O–H groups in total. The largest absolute Gasteiger partial charge is 0.398 e. The number of anilines is 1. The first-order valence-electron chi connectivity index (χ1n) is 5.14. The first-order valence-corrected chi connectivity index (χ1v) is 5.52. The molecule has 6 heteroatoms. The van der Waals surface area contributed by atoms with Crippen LogP contribution in [0.3, 0.4) is 0 Å². The Hall–Kier alpha value is -2.01. The van der Waals surface area contributed by atoms with E-state index in [1.165, 1.54) is 18.2 Å². The van der Waals surface area contributed by atoms with Gasteiger partial charge in [0.05, 0.1) is 5.56 Å². The Morgan fingerprint density at radius 3 is 2.16 bits per heavy atom. The second-order valence-electron chi connectivity index (χ2n) is 3.81. The molecule has 2 rings (SSSR count). The molecule has 0 heterocycles. The number of ketones is 1. The first kappa shape index (κ1) is 13.4. The SMILES string of the molecule is Nc1cc(Cl)ccc1C(=O)c1c(F)cc(F)cc1F. The summed E-state index contributed by atoms with van der Waals surface area (Å²) in [6.07, 6.45) is 0. The number of hydrogen-bond donors (Lipinski definition) is 1. The van der Waals surface area contributed by atoms with Crippen LogP contribution in [0.1, 0.15) is 15.9 Å². The summed E-state index contributed by atoms with van der Waals surface area (Å²) in [5.41, 5.74) is 4.60. The molecule has 0 unspecified atom stereocenters. The van der Waals surface area contributed by atoms with Crippen molar-refractivity contribution in [3.05, 3.63) is 63.9 Å². The average molecular weight is 286 g/mol. The van der Waals surface area contributed by atoms with Gasteiger partial charge in [-0.25, -0.2) is 13.2 Å². The van der Waals surface area contributed by atoms with Crippen molar-refractivity contribution in [3.63, 3.8) is 0 Å². The molecular formula is C13H7ClF3NO. The molecule has 2 aromatic carbocycles. The number of nitrogens with two attached hydrogens (primary N) is 1. The number of hydrogen-bond acceptors (Lipinski definition) is 2. The third kappa shape index (κ3) is 2.56. The smallest absolute Gasteiger partial charge is 0.201 e. The Bertz CT molecular complexity index is 650. The minimum atomic E-state index is -1.28. The Morgan fingerprint density at radius 2 is 1.63 bits per heavy atom. The fourth-order valence-electron chi connectivity index (χ4n) is 1.63. The van der Waals surface area contributed by atoms with Gasteiger partial charge in [-0.15, -0.1) is 0 Å². The summed E-state index contributed by atoms with van der Waals surface area (Å²) in [7, 11) is 0. The second kappa shape index (κ2) is 4.93. The number of carbonyl (C=O) groups excluding carboxylic acids is 1. The van der Waals surface area contributed by atoms with Gasteiger partial charge in [-0.2, -0.15) is 0 Å². The molecule has 0 aliphatic rings. The average Bonchev–Trinajstić information content (AvgIpc) is 2.26. The molecule has 0 amide bonds. The zero-order valence-corrected chi connectivity index (χ0v) is 10.1. The highest BCUT2D eigenvalue weighted by Gasteiger charge is 2.22. The van der Waals surface area contributed by atoms with Crippen LogP contribution in [-0.4, -0.2) is 5.78 Å². The summed E-state index contributed by atoms with van der Waals surface area (Å²) >= 11 is 5.66. The van der Waals surface area contributed by atoms with Gasteiger partial charge in [-0.05, 0) is 18.2 Å². The van der Waals surface area contributed by atoms with E-state index in [9.17, 15) is 18.0 Å². The van der Waals surface area contributed by atoms with Crippen molar-refractivity contribution in [2.24, 2.45) is 0 Å². The molecule has 0 aliphatic heterocycles. The van der Waals surface area contributed by atoms with Crippen molar-refractivity contribution < 1.29 is 18.0 Å². The van der Waals surface area contributed by atoms with E-state index in [1.54, 1.807) is 0 Å². The molecule has 0 spiro atoms. The van der Waals surface area contributed by atoms with E-state index < -0.39 is 28.8 Å². The fraction of sp³-hybridized carbons (Fsp3) is 0. The van der Waals surface area contributed by atoms with Gasteiger partial charge in [0.25, 0.3) is 0 Å². The Labute approximate surface area is 111 Å². The van der Waals surface area contributed by atoms with E-state index in [0.717, 1.165) is 0 Å². The predicted molar refractivity (Wildman–Crippen MR) is 65.6 cm³/mol. The van der Waals surface area contributed by atoms with Crippen LogP contribution in [0.25, 0.3) is 0 Å². The minimum Gasteiger partial charge on any atom is -0.398 e. The van der Waals surface area contributed by atoms with E-state index in [-0.39, 0.29) is 16.3 Å². The number of carbonyl (C=O) groups is 1. The lowest BCUT2D eigenvalue weighted by atomic mass is 10.0. The van der Waals surface area contributed by atoms with Crippen molar-refractivity contribution in [2.75, 3.05) is 5.73 Å². The van der Waals surface area contributed by atoms with Crippen LogP contribution in [0.2, 0.25) is 5.02 Å². The molecule has 2 nitrogen and oxygen atoms in total. The maximum Gasteiger partial charge on any atom is 0.201 e. The Morgan fingerprint density at radius 1 is 1.05 bits per heavy atom. The van der Waals surface area contributed by atoms with E-state index in [2.05, 4.69) is 0 Å². The maximum absolute atomic E-state index is 13.5. The van der Waals surface area contributed by atoms with E-state index in [0.29, 0.717) is 12.1 Å². The lowest BCUT2D eigenvalue weighted by molar-refractivity contribution is 0.103. The van der Waals surface area contributed by atoms with Crippen molar-refractivity contribution in [1.29, 1.82) is 0 Å². The van der Waals surface area contributed by atoms with Crippen molar-refractivity contribution >= 4 is 23.1 Å². The zero-order valence-electron chi connectivity index (χ0n) is 9.38. The van der Waals surface area contributed by atoms with Crippen molar-refractivity contribution in [3.8, 4) is 0 Å². The third-order valence-electron chi connectivity index (χ3n) is 2.49. The number of benzene rings is 2. The molecule has 0 radical (unpaired) electrons. The molecule has 98 valence electrons. The van der Waals surface area contributed by atoms with Gasteiger partial charge >= 0.3 is 0 Å². The van der Waals surface area contributed by atoms with Crippen LogP contribution in [-0.2, 0) is 0 Å². The molecule has 2 aromatic rings. The Kier molecular flexibility index (Phi) is 3.48. The molecule has 0 aliphatic carbocycles. The molecule has 0 atom stereocenters. The second-order valence-corrected chi connectivity index (χ2v) is 4.24. The standard InChI is InChI=1S/C13H7ClF3NO/c14-6-1-2-8(11(18)3-6)13(19)12-9(16)4-7(15)5-10(12)17/h1-5H,18H2. The zero-order chi connectivity index (χ0) is 14.2. The van der Waals surface area contributed by atoms with Crippen LogP contribution in [0.5, 0.6) is 0 Å². The van der Waals surface area contributed by atoms with Crippen molar-refractivity contribution in [1.82, 2.24) is 0 Å². The van der Waals surface area contributed by atoms with Gasteiger partial charge in [0, 0.05) is 28.4 Å². The highest BCUT2D eigenvalue weighted by atomic mass is 35.5. The third-order valence-corrected chi connectivity index (χ3v) is 2.73. The quantitative estimate of drug-likeness (QED) is 0.677. The topological polar surface area (TPSA) is 43.1 Å². The summed E-state index contributed by atoms with van der Waals surface area (Å²) in [5, 5.41) is 0.286. The summed E-state index contributed by atoms with van der Waals surface area (Å²) in [6.45, 7) is 0. The Balaban J connectivity index is 2.56. The van der Waals surface area contributed by atoms with Crippen LogP contribution in [0.15, 0.2) is 30.3 Å². The van der Waals surface area contributed by atoms with Crippen LogP contribution < -0.4 is 5.73 Å². The van der Waals surface area contributed by atoms with E-state index >= 15 is 0 Å². The number of halogens is 4. The maximum atomic E-state index is 13.5. The van der Waals surface area contributed by atoms with Gasteiger partial charge in [0.15, 0.2) is 0 Å². The van der Waals surface area contributed by atoms with Gasteiger partial charge in [0.1, 0.15) is 17.5 Å². The molecule has 0 saturated carbocycles. The van der Waals surface area contributed by atoms with Crippen molar-refractivity contribution in [2.45, 2.75) is 0 Å². The van der Waals surface area contributed by atoms with Gasteiger partial charge in [0.2, 0.25) is 5.78 Å².